The van der Waals surface area contributed by atoms with Gasteiger partial charge in [-0.25, -0.2) is 0 Å². The standard InChI is InChI=1S/C15H24N2O/c1-4-13-10-17(8-7-16)14-9-12(11(2)3)5-6-15(14)18-13/h5-6,9,11,13H,4,7-8,10,16H2,1-3H3. The molecule has 2 rings (SSSR count). The predicted molar refractivity (Wildman–Crippen MR) is 76.5 cm³/mol. The molecule has 0 bridgehead atoms. The van der Waals surface area contributed by atoms with Crippen LogP contribution in [0.15, 0.2) is 18.2 Å². The van der Waals surface area contributed by atoms with Crippen LogP contribution in [0.1, 0.15) is 38.7 Å². The summed E-state index contributed by atoms with van der Waals surface area (Å²) >= 11 is 0. The average molecular weight is 248 g/mol. The van der Waals surface area contributed by atoms with E-state index in [0.717, 1.165) is 25.3 Å². The van der Waals surface area contributed by atoms with Gasteiger partial charge in [-0.05, 0) is 30.0 Å². The maximum absolute atomic E-state index is 6.01. The summed E-state index contributed by atoms with van der Waals surface area (Å²) in [6, 6.07) is 6.53. The molecule has 1 heterocycles. The lowest BCUT2D eigenvalue weighted by molar-refractivity contribution is 0.189. The summed E-state index contributed by atoms with van der Waals surface area (Å²) in [6.07, 6.45) is 1.32. The number of nitrogens with zero attached hydrogens (tertiary/aromatic N) is 1. The monoisotopic (exact) mass is 248 g/mol. The highest BCUT2D eigenvalue weighted by Gasteiger charge is 2.24. The van der Waals surface area contributed by atoms with Crippen molar-refractivity contribution in [2.24, 2.45) is 5.73 Å². The van der Waals surface area contributed by atoms with E-state index in [4.69, 9.17) is 10.5 Å². The fraction of sp³-hybridized carbons (Fsp3) is 0.600. The van der Waals surface area contributed by atoms with Crippen molar-refractivity contribution in [1.29, 1.82) is 0 Å². The summed E-state index contributed by atoms with van der Waals surface area (Å²) in [5.41, 5.74) is 8.28. The van der Waals surface area contributed by atoms with Gasteiger partial charge in [0.15, 0.2) is 0 Å². The first-order valence-electron chi connectivity index (χ1n) is 6.91. The molecule has 0 aliphatic carbocycles. The number of rotatable bonds is 4. The number of anilines is 1. The molecular weight excluding hydrogens is 224 g/mol. The van der Waals surface area contributed by atoms with Gasteiger partial charge in [0.1, 0.15) is 11.9 Å². The van der Waals surface area contributed by atoms with E-state index < -0.39 is 0 Å². The lowest BCUT2D eigenvalue weighted by Gasteiger charge is -2.36. The van der Waals surface area contributed by atoms with Crippen molar-refractivity contribution in [2.45, 2.75) is 39.2 Å². The van der Waals surface area contributed by atoms with E-state index in [2.05, 4.69) is 43.9 Å². The second kappa shape index (κ2) is 5.61. The zero-order valence-electron chi connectivity index (χ0n) is 11.6. The number of nitrogens with two attached hydrogens (primary N) is 1. The van der Waals surface area contributed by atoms with Crippen LogP contribution < -0.4 is 15.4 Å². The number of hydrogen-bond acceptors (Lipinski definition) is 3. The predicted octanol–water partition coefficient (Wildman–Crippen LogP) is 2.75. The minimum Gasteiger partial charge on any atom is -0.486 e. The first kappa shape index (κ1) is 13.2. The Morgan fingerprint density at radius 1 is 1.44 bits per heavy atom. The van der Waals surface area contributed by atoms with Crippen LogP contribution in [-0.4, -0.2) is 25.7 Å². The Bertz CT molecular complexity index is 403. The fourth-order valence-corrected chi connectivity index (χ4v) is 2.38. The van der Waals surface area contributed by atoms with Crippen molar-refractivity contribution in [3.8, 4) is 5.75 Å². The molecule has 1 atom stereocenters. The van der Waals surface area contributed by atoms with Crippen molar-refractivity contribution >= 4 is 5.69 Å². The molecule has 3 nitrogen and oxygen atoms in total. The van der Waals surface area contributed by atoms with Gasteiger partial charge in [-0.1, -0.05) is 26.8 Å². The van der Waals surface area contributed by atoms with E-state index in [1.165, 1.54) is 11.3 Å². The van der Waals surface area contributed by atoms with Crippen LogP contribution in [0.5, 0.6) is 5.75 Å². The number of hydrogen-bond donors (Lipinski definition) is 1. The molecule has 100 valence electrons. The van der Waals surface area contributed by atoms with Gasteiger partial charge in [0.2, 0.25) is 0 Å². The molecule has 0 saturated carbocycles. The molecule has 0 saturated heterocycles. The molecule has 0 radical (unpaired) electrons. The minimum absolute atomic E-state index is 0.286. The fourth-order valence-electron chi connectivity index (χ4n) is 2.38. The van der Waals surface area contributed by atoms with Gasteiger partial charge in [-0.15, -0.1) is 0 Å². The van der Waals surface area contributed by atoms with Gasteiger partial charge in [0.05, 0.1) is 12.2 Å². The Balaban J connectivity index is 2.33. The maximum atomic E-state index is 6.01. The Kier molecular flexibility index (Phi) is 4.12. The SMILES string of the molecule is CCC1CN(CCN)c2cc(C(C)C)ccc2O1. The van der Waals surface area contributed by atoms with Crippen molar-refractivity contribution in [2.75, 3.05) is 24.5 Å². The van der Waals surface area contributed by atoms with Crippen LogP contribution in [0.4, 0.5) is 5.69 Å². The van der Waals surface area contributed by atoms with E-state index in [1.54, 1.807) is 0 Å². The van der Waals surface area contributed by atoms with Crippen molar-refractivity contribution < 1.29 is 4.74 Å². The van der Waals surface area contributed by atoms with Crippen LogP contribution in [0.25, 0.3) is 0 Å². The van der Waals surface area contributed by atoms with E-state index >= 15 is 0 Å². The van der Waals surface area contributed by atoms with Crippen molar-refractivity contribution in [1.82, 2.24) is 0 Å². The summed E-state index contributed by atoms with van der Waals surface area (Å²) < 4.78 is 6.01. The third-order valence-corrected chi connectivity index (χ3v) is 3.56. The van der Waals surface area contributed by atoms with Crippen molar-refractivity contribution in [3.63, 3.8) is 0 Å². The van der Waals surface area contributed by atoms with E-state index in [-0.39, 0.29) is 6.10 Å². The van der Waals surface area contributed by atoms with Gasteiger partial charge >= 0.3 is 0 Å². The van der Waals surface area contributed by atoms with E-state index in [0.29, 0.717) is 12.5 Å². The highest BCUT2D eigenvalue weighted by molar-refractivity contribution is 5.62. The highest BCUT2D eigenvalue weighted by Crippen LogP contribution is 2.36. The second-order valence-corrected chi connectivity index (χ2v) is 5.26. The van der Waals surface area contributed by atoms with E-state index in [9.17, 15) is 0 Å². The van der Waals surface area contributed by atoms with Gasteiger partial charge < -0.3 is 15.4 Å². The molecular formula is C15H24N2O. The van der Waals surface area contributed by atoms with Gasteiger partial charge in [0, 0.05) is 13.1 Å². The van der Waals surface area contributed by atoms with E-state index in [1.807, 2.05) is 0 Å². The summed E-state index contributed by atoms with van der Waals surface area (Å²) in [5.74, 6) is 1.55. The second-order valence-electron chi connectivity index (χ2n) is 5.26. The molecule has 0 spiro atoms. The quantitative estimate of drug-likeness (QED) is 0.890. The van der Waals surface area contributed by atoms with Crippen molar-refractivity contribution in [3.05, 3.63) is 23.8 Å². The molecule has 1 aliphatic rings. The average Bonchev–Trinajstić information content (AvgIpc) is 2.38. The largest absolute Gasteiger partial charge is 0.486 e. The Labute approximate surface area is 110 Å². The molecule has 1 aromatic carbocycles. The normalized spacial score (nSPS) is 18.7. The van der Waals surface area contributed by atoms with Gasteiger partial charge in [-0.3, -0.25) is 0 Å². The molecule has 0 amide bonds. The Morgan fingerprint density at radius 2 is 2.22 bits per heavy atom. The molecule has 18 heavy (non-hydrogen) atoms. The maximum Gasteiger partial charge on any atom is 0.143 e. The zero-order chi connectivity index (χ0) is 13.1. The number of ether oxygens (including phenoxy) is 1. The topological polar surface area (TPSA) is 38.5 Å². The number of benzene rings is 1. The van der Waals surface area contributed by atoms with Crippen LogP contribution in [0.3, 0.4) is 0 Å². The molecule has 3 heteroatoms. The number of fused-ring (bicyclic) bond motifs is 1. The third kappa shape index (κ3) is 2.61. The third-order valence-electron chi connectivity index (χ3n) is 3.56. The van der Waals surface area contributed by atoms with Crippen LogP contribution >= 0.6 is 0 Å². The molecule has 2 N–H and O–H groups in total. The summed E-state index contributed by atoms with van der Waals surface area (Å²) in [4.78, 5) is 2.36. The Morgan fingerprint density at radius 3 is 2.83 bits per heavy atom. The first-order valence-corrected chi connectivity index (χ1v) is 6.91. The summed E-state index contributed by atoms with van der Waals surface area (Å²) in [7, 11) is 0. The van der Waals surface area contributed by atoms with Crippen LogP contribution in [0.2, 0.25) is 0 Å². The Hall–Kier alpha value is -1.22. The first-order chi connectivity index (χ1) is 8.65. The minimum atomic E-state index is 0.286. The zero-order valence-corrected chi connectivity index (χ0v) is 11.6. The molecule has 0 fully saturated rings. The molecule has 1 unspecified atom stereocenters. The molecule has 0 aromatic heterocycles. The molecule has 1 aromatic rings. The molecule has 1 aliphatic heterocycles. The van der Waals surface area contributed by atoms with Crippen LogP contribution in [0, 0.1) is 0 Å². The van der Waals surface area contributed by atoms with Gasteiger partial charge in [0.25, 0.3) is 0 Å². The van der Waals surface area contributed by atoms with Gasteiger partial charge in [-0.2, -0.15) is 0 Å². The summed E-state index contributed by atoms with van der Waals surface area (Å²) in [6.45, 7) is 9.12. The lowest BCUT2D eigenvalue weighted by Crippen LogP contribution is -2.42. The van der Waals surface area contributed by atoms with Crippen LogP contribution in [-0.2, 0) is 0 Å². The smallest absolute Gasteiger partial charge is 0.143 e. The lowest BCUT2D eigenvalue weighted by atomic mass is 10.0. The summed E-state index contributed by atoms with van der Waals surface area (Å²) in [5, 5.41) is 0. The highest BCUT2D eigenvalue weighted by atomic mass is 16.5.